The van der Waals surface area contributed by atoms with Crippen molar-refractivity contribution >= 4 is 33.0 Å². The van der Waals surface area contributed by atoms with Crippen LogP contribution in [0.1, 0.15) is 11.3 Å². The molecule has 23 heavy (non-hydrogen) atoms. The van der Waals surface area contributed by atoms with Gasteiger partial charge in [-0.15, -0.1) is 5.10 Å². The summed E-state index contributed by atoms with van der Waals surface area (Å²) in [7, 11) is -3.65. The van der Waals surface area contributed by atoms with E-state index in [9.17, 15) is 8.42 Å². The van der Waals surface area contributed by atoms with E-state index in [0.29, 0.717) is 10.7 Å². The van der Waals surface area contributed by atoms with Crippen LogP contribution in [-0.2, 0) is 16.6 Å². The van der Waals surface area contributed by atoms with Crippen LogP contribution in [-0.4, -0.2) is 23.4 Å². The van der Waals surface area contributed by atoms with Gasteiger partial charge < -0.3 is 0 Å². The lowest BCUT2D eigenvalue weighted by Crippen LogP contribution is -2.23. The largest absolute Gasteiger partial charge is 0.240 e. The number of hydrogen-bond acceptors (Lipinski definition) is 5. The summed E-state index contributed by atoms with van der Waals surface area (Å²) >= 11 is 7.53. The van der Waals surface area contributed by atoms with Crippen LogP contribution in [0, 0.1) is 6.92 Å². The monoisotopic (exact) mass is 368 g/mol. The zero-order valence-electron chi connectivity index (χ0n) is 12.1. The molecule has 3 aromatic rings. The van der Waals surface area contributed by atoms with Gasteiger partial charge in [0.1, 0.15) is 0 Å². The van der Waals surface area contributed by atoms with E-state index < -0.39 is 10.0 Å². The minimum Gasteiger partial charge on any atom is -0.220 e. The van der Waals surface area contributed by atoms with Gasteiger partial charge in [0.15, 0.2) is 0 Å². The van der Waals surface area contributed by atoms with Crippen molar-refractivity contribution in [2.24, 2.45) is 0 Å². The number of benzene rings is 1. The first-order valence-electron chi connectivity index (χ1n) is 6.65. The van der Waals surface area contributed by atoms with Gasteiger partial charge in [0.2, 0.25) is 10.0 Å². The quantitative estimate of drug-likeness (QED) is 0.751. The Kier molecular flexibility index (Phi) is 4.49. The van der Waals surface area contributed by atoms with Gasteiger partial charge in [0.05, 0.1) is 29.0 Å². The van der Waals surface area contributed by atoms with E-state index in [1.807, 2.05) is 23.8 Å². The van der Waals surface area contributed by atoms with Gasteiger partial charge >= 0.3 is 0 Å². The molecule has 0 saturated carbocycles. The summed E-state index contributed by atoms with van der Waals surface area (Å²) in [6.07, 6.45) is 1.69. The minimum absolute atomic E-state index is 0.0535. The molecular weight excluding hydrogens is 356 g/mol. The van der Waals surface area contributed by atoms with Crippen LogP contribution in [0.15, 0.2) is 46.1 Å². The van der Waals surface area contributed by atoms with E-state index in [0.717, 1.165) is 11.3 Å². The molecule has 0 unspecified atom stereocenters. The third kappa shape index (κ3) is 3.61. The van der Waals surface area contributed by atoms with Crippen LogP contribution in [0.2, 0.25) is 5.02 Å². The fourth-order valence-corrected chi connectivity index (χ4v) is 3.78. The summed E-state index contributed by atoms with van der Waals surface area (Å²) in [5.74, 6) is 0. The van der Waals surface area contributed by atoms with Gasteiger partial charge in [0, 0.05) is 10.4 Å². The van der Waals surface area contributed by atoms with Crippen molar-refractivity contribution in [1.82, 2.24) is 19.7 Å². The van der Waals surface area contributed by atoms with Gasteiger partial charge in [-0.3, -0.25) is 0 Å². The van der Waals surface area contributed by atoms with Crippen LogP contribution < -0.4 is 4.72 Å². The fraction of sp³-hybridized carbons (Fsp3) is 0.143. The second-order valence-corrected chi connectivity index (χ2v) is 7.83. The Bertz CT molecular complexity index is 920. The maximum absolute atomic E-state index is 12.3. The Morgan fingerprint density at radius 3 is 2.87 bits per heavy atom. The van der Waals surface area contributed by atoms with Crippen LogP contribution in [0.25, 0.3) is 5.69 Å². The molecule has 0 spiro atoms. The summed E-state index contributed by atoms with van der Waals surface area (Å²) < 4.78 is 28.7. The van der Waals surface area contributed by atoms with E-state index >= 15 is 0 Å². The average Bonchev–Trinajstić information content (AvgIpc) is 3.18. The van der Waals surface area contributed by atoms with Gasteiger partial charge in [-0.05, 0) is 36.1 Å². The molecule has 0 aliphatic heterocycles. The van der Waals surface area contributed by atoms with Crippen molar-refractivity contribution in [3.63, 3.8) is 0 Å². The van der Waals surface area contributed by atoms with Crippen molar-refractivity contribution in [3.8, 4) is 5.69 Å². The lowest BCUT2D eigenvalue weighted by atomic mass is 10.2. The van der Waals surface area contributed by atoms with Gasteiger partial charge in [-0.2, -0.15) is 11.3 Å². The van der Waals surface area contributed by atoms with Gasteiger partial charge in [-0.25, -0.2) is 17.8 Å². The first-order valence-corrected chi connectivity index (χ1v) is 9.46. The van der Waals surface area contributed by atoms with E-state index in [4.69, 9.17) is 11.6 Å². The Morgan fingerprint density at radius 2 is 2.17 bits per heavy atom. The number of sulfonamides is 1. The van der Waals surface area contributed by atoms with Crippen LogP contribution >= 0.6 is 22.9 Å². The SMILES string of the molecule is Cc1ccc(S(=O)(=O)NCc2cn(-c3ccsc3)nn2)cc1Cl. The molecule has 0 radical (unpaired) electrons. The van der Waals surface area contributed by atoms with E-state index in [1.54, 1.807) is 28.3 Å². The maximum atomic E-state index is 12.3. The molecular formula is C14H13ClN4O2S2. The number of nitrogens with zero attached hydrogens (tertiary/aromatic N) is 3. The smallest absolute Gasteiger partial charge is 0.220 e. The number of aromatic nitrogens is 3. The lowest BCUT2D eigenvalue weighted by molar-refractivity contribution is 0.580. The highest BCUT2D eigenvalue weighted by Gasteiger charge is 2.16. The summed E-state index contributed by atoms with van der Waals surface area (Å²) in [6.45, 7) is 1.87. The second kappa shape index (κ2) is 6.40. The van der Waals surface area contributed by atoms with Crippen molar-refractivity contribution in [1.29, 1.82) is 0 Å². The Balaban J connectivity index is 1.73. The van der Waals surface area contributed by atoms with E-state index in [1.165, 1.54) is 12.1 Å². The van der Waals surface area contributed by atoms with Crippen LogP contribution in [0.5, 0.6) is 0 Å². The molecule has 3 rings (SSSR count). The summed E-state index contributed by atoms with van der Waals surface area (Å²) in [4.78, 5) is 0.123. The molecule has 120 valence electrons. The average molecular weight is 369 g/mol. The Hall–Kier alpha value is -1.74. The highest BCUT2D eigenvalue weighted by molar-refractivity contribution is 7.89. The minimum atomic E-state index is -3.65. The third-order valence-electron chi connectivity index (χ3n) is 3.21. The predicted octanol–water partition coefficient (Wildman–Crippen LogP) is 2.77. The van der Waals surface area contributed by atoms with Crippen molar-refractivity contribution in [3.05, 3.63) is 57.5 Å². The zero-order valence-corrected chi connectivity index (χ0v) is 14.5. The maximum Gasteiger partial charge on any atom is 0.240 e. The Labute approximate surface area is 142 Å². The first-order chi connectivity index (χ1) is 11.0. The number of hydrogen-bond donors (Lipinski definition) is 1. The fourth-order valence-electron chi connectivity index (χ4n) is 1.89. The topological polar surface area (TPSA) is 76.9 Å². The number of halogens is 1. The Morgan fingerprint density at radius 1 is 1.35 bits per heavy atom. The summed E-state index contributed by atoms with van der Waals surface area (Å²) in [5, 5.41) is 12.2. The first kappa shape index (κ1) is 16.1. The summed E-state index contributed by atoms with van der Waals surface area (Å²) in [5.41, 5.74) is 2.24. The van der Waals surface area contributed by atoms with E-state index in [2.05, 4.69) is 15.0 Å². The number of thiophene rings is 1. The predicted molar refractivity (Wildman–Crippen MR) is 89.5 cm³/mol. The number of nitrogens with one attached hydrogen (secondary N) is 1. The molecule has 2 aromatic heterocycles. The third-order valence-corrected chi connectivity index (χ3v) is 5.69. The second-order valence-electron chi connectivity index (χ2n) is 4.87. The zero-order chi connectivity index (χ0) is 16.4. The number of rotatable bonds is 5. The van der Waals surface area contributed by atoms with Crippen molar-refractivity contribution in [2.75, 3.05) is 0 Å². The number of aryl methyl sites for hydroxylation is 1. The van der Waals surface area contributed by atoms with Crippen molar-refractivity contribution in [2.45, 2.75) is 18.4 Å². The molecule has 1 N–H and O–H groups in total. The van der Waals surface area contributed by atoms with E-state index in [-0.39, 0.29) is 11.4 Å². The molecule has 1 aromatic carbocycles. The molecule has 9 heteroatoms. The van der Waals surface area contributed by atoms with Crippen LogP contribution in [0.3, 0.4) is 0 Å². The summed E-state index contributed by atoms with van der Waals surface area (Å²) in [6, 6.07) is 6.53. The molecule has 0 aliphatic rings. The van der Waals surface area contributed by atoms with Gasteiger partial charge in [-0.1, -0.05) is 22.9 Å². The molecule has 0 saturated heterocycles. The molecule has 6 nitrogen and oxygen atoms in total. The standard InChI is InChI=1S/C14H13ClN4O2S2/c1-10-2-3-13(6-14(10)15)23(20,21)16-7-11-8-19(18-17-11)12-4-5-22-9-12/h2-6,8-9,16H,7H2,1H3. The highest BCUT2D eigenvalue weighted by Crippen LogP contribution is 2.20. The van der Waals surface area contributed by atoms with Crippen LogP contribution in [0.4, 0.5) is 0 Å². The molecule has 2 heterocycles. The molecule has 0 fully saturated rings. The molecule has 0 bridgehead atoms. The molecule has 0 aliphatic carbocycles. The highest BCUT2D eigenvalue weighted by atomic mass is 35.5. The lowest BCUT2D eigenvalue weighted by Gasteiger charge is -2.06. The van der Waals surface area contributed by atoms with Crippen molar-refractivity contribution < 1.29 is 8.42 Å². The van der Waals surface area contributed by atoms with Gasteiger partial charge in [0.25, 0.3) is 0 Å². The normalized spacial score (nSPS) is 11.7. The molecule has 0 atom stereocenters. The molecule has 0 amide bonds.